The second-order valence-corrected chi connectivity index (χ2v) is 3.82. The van der Waals surface area contributed by atoms with E-state index in [1.807, 2.05) is 44.2 Å². The maximum absolute atomic E-state index is 9.14. The third kappa shape index (κ3) is 2.25. The molecule has 0 aromatic carbocycles. The highest BCUT2D eigenvalue weighted by molar-refractivity contribution is 5.55. The van der Waals surface area contributed by atoms with Crippen LogP contribution < -0.4 is 0 Å². The first kappa shape index (κ1) is 10.8. The van der Waals surface area contributed by atoms with Gasteiger partial charge >= 0.3 is 0 Å². The molecule has 0 saturated heterocycles. The predicted octanol–water partition coefficient (Wildman–Crippen LogP) is 2.25. The first-order valence-corrected chi connectivity index (χ1v) is 5.21. The van der Waals surface area contributed by atoms with Crippen molar-refractivity contribution >= 4 is 0 Å². The number of hydrogen-bond donors (Lipinski definition) is 1. The Morgan fingerprint density at radius 2 is 1.75 bits per heavy atom. The highest BCUT2D eigenvalue weighted by Gasteiger charge is 2.04. The quantitative estimate of drug-likeness (QED) is 0.834. The molecule has 0 unspecified atom stereocenters. The van der Waals surface area contributed by atoms with Gasteiger partial charge in [-0.25, -0.2) is 0 Å². The van der Waals surface area contributed by atoms with E-state index >= 15 is 0 Å². The van der Waals surface area contributed by atoms with Crippen LogP contribution in [0.4, 0.5) is 0 Å². The number of hydrogen-bond acceptors (Lipinski definition) is 3. The number of aromatic nitrogens is 2. The van der Waals surface area contributed by atoms with E-state index in [9.17, 15) is 0 Å². The molecule has 0 aliphatic carbocycles. The third-order valence-corrected chi connectivity index (χ3v) is 2.35. The Labute approximate surface area is 94.8 Å². The fourth-order valence-electron chi connectivity index (χ4n) is 1.65. The molecule has 0 saturated carbocycles. The zero-order valence-electron chi connectivity index (χ0n) is 9.44. The Morgan fingerprint density at radius 1 is 1.00 bits per heavy atom. The van der Waals surface area contributed by atoms with Gasteiger partial charge in [-0.3, -0.25) is 9.97 Å². The summed E-state index contributed by atoms with van der Waals surface area (Å²) < 4.78 is 0. The lowest BCUT2D eigenvalue weighted by atomic mass is 10.1. The first-order valence-electron chi connectivity index (χ1n) is 5.21. The van der Waals surface area contributed by atoms with Gasteiger partial charge in [0.15, 0.2) is 0 Å². The number of nitrogens with zero attached hydrogens (tertiary/aromatic N) is 2. The molecule has 3 nitrogen and oxygen atoms in total. The van der Waals surface area contributed by atoms with Crippen molar-refractivity contribution in [2.45, 2.75) is 20.5 Å². The summed E-state index contributed by atoms with van der Waals surface area (Å²) in [6, 6.07) is 9.58. The van der Waals surface area contributed by atoms with Gasteiger partial charge < -0.3 is 5.11 Å². The molecular weight excluding hydrogens is 200 g/mol. The van der Waals surface area contributed by atoms with Gasteiger partial charge in [0.2, 0.25) is 0 Å². The molecule has 0 atom stereocenters. The Kier molecular flexibility index (Phi) is 2.97. The van der Waals surface area contributed by atoms with Crippen LogP contribution in [-0.4, -0.2) is 15.1 Å². The topological polar surface area (TPSA) is 46.0 Å². The molecule has 0 aliphatic heterocycles. The highest BCUT2D eigenvalue weighted by atomic mass is 16.3. The van der Waals surface area contributed by atoms with Gasteiger partial charge in [0.1, 0.15) is 0 Å². The average molecular weight is 214 g/mol. The van der Waals surface area contributed by atoms with E-state index in [-0.39, 0.29) is 6.61 Å². The van der Waals surface area contributed by atoms with Crippen LogP contribution in [0.1, 0.15) is 17.0 Å². The molecule has 3 heteroatoms. The molecule has 82 valence electrons. The fourth-order valence-corrected chi connectivity index (χ4v) is 1.65. The van der Waals surface area contributed by atoms with Crippen LogP contribution in [0.5, 0.6) is 0 Å². The van der Waals surface area contributed by atoms with Crippen molar-refractivity contribution in [3.8, 4) is 11.4 Å². The van der Waals surface area contributed by atoms with Gasteiger partial charge in [-0.2, -0.15) is 0 Å². The third-order valence-electron chi connectivity index (χ3n) is 2.35. The summed E-state index contributed by atoms with van der Waals surface area (Å²) in [6.45, 7) is 3.90. The summed E-state index contributed by atoms with van der Waals surface area (Å²) >= 11 is 0. The van der Waals surface area contributed by atoms with Gasteiger partial charge in [-0.15, -0.1) is 0 Å². The van der Waals surface area contributed by atoms with E-state index in [2.05, 4.69) is 9.97 Å². The van der Waals surface area contributed by atoms with Crippen molar-refractivity contribution < 1.29 is 5.11 Å². The lowest BCUT2D eigenvalue weighted by molar-refractivity contribution is 0.281. The number of aliphatic hydroxyl groups is 1. The minimum Gasteiger partial charge on any atom is -0.392 e. The molecule has 0 amide bonds. The highest BCUT2D eigenvalue weighted by Crippen LogP contribution is 2.17. The van der Waals surface area contributed by atoms with Crippen molar-refractivity contribution in [2.24, 2.45) is 0 Å². The van der Waals surface area contributed by atoms with Crippen molar-refractivity contribution in [2.75, 3.05) is 0 Å². The van der Waals surface area contributed by atoms with Crippen molar-refractivity contribution in [1.29, 1.82) is 0 Å². The van der Waals surface area contributed by atoms with Crippen molar-refractivity contribution in [1.82, 2.24) is 9.97 Å². The largest absolute Gasteiger partial charge is 0.392 e. The van der Waals surface area contributed by atoms with Crippen LogP contribution in [0.2, 0.25) is 0 Å². The molecule has 0 radical (unpaired) electrons. The minimum atomic E-state index is 0.0299. The smallest absolute Gasteiger partial charge is 0.0893 e. The van der Waals surface area contributed by atoms with E-state index < -0.39 is 0 Å². The molecular formula is C13H14N2O. The SMILES string of the molecule is Cc1cccc(-c2cc(CO)cc(C)n2)n1. The molecule has 2 rings (SSSR count). The average Bonchev–Trinajstić information content (AvgIpc) is 2.28. The summed E-state index contributed by atoms with van der Waals surface area (Å²) in [7, 11) is 0. The van der Waals surface area contributed by atoms with Crippen molar-refractivity contribution in [3.63, 3.8) is 0 Å². The summed E-state index contributed by atoms with van der Waals surface area (Å²) in [5.74, 6) is 0. The fraction of sp³-hybridized carbons (Fsp3) is 0.231. The Balaban J connectivity index is 2.51. The van der Waals surface area contributed by atoms with Crippen LogP contribution in [0, 0.1) is 13.8 Å². The molecule has 0 fully saturated rings. The Bertz CT molecular complexity index is 509. The summed E-state index contributed by atoms with van der Waals surface area (Å²) in [6.07, 6.45) is 0. The lowest BCUT2D eigenvalue weighted by Gasteiger charge is -2.05. The number of pyridine rings is 2. The zero-order valence-corrected chi connectivity index (χ0v) is 9.44. The normalized spacial score (nSPS) is 10.4. The molecule has 0 spiro atoms. The van der Waals surface area contributed by atoms with E-state index in [1.54, 1.807) is 0 Å². The molecule has 2 aromatic heterocycles. The monoisotopic (exact) mass is 214 g/mol. The minimum absolute atomic E-state index is 0.0299. The zero-order chi connectivity index (χ0) is 11.5. The van der Waals surface area contributed by atoms with E-state index in [1.165, 1.54) is 0 Å². The summed E-state index contributed by atoms with van der Waals surface area (Å²) in [5.41, 5.74) is 4.38. The Hall–Kier alpha value is -1.74. The van der Waals surface area contributed by atoms with Gasteiger partial charge in [-0.05, 0) is 43.7 Å². The second-order valence-electron chi connectivity index (χ2n) is 3.82. The summed E-state index contributed by atoms with van der Waals surface area (Å²) in [5, 5.41) is 9.14. The standard InChI is InChI=1S/C13H14N2O/c1-9-4-3-5-12(14-9)13-7-11(8-16)6-10(2)15-13/h3-7,16H,8H2,1-2H3. The predicted molar refractivity (Wildman–Crippen MR) is 62.9 cm³/mol. The number of aryl methyl sites for hydroxylation is 2. The van der Waals surface area contributed by atoms with Crippen LogP contribution in [-0.2, 0) is 6.61 Å². The summed E-state index contributed by atoms with van der Waals surface area (Å²) in [4.78, 5) is 8.84. The lowest BCUT2D eigenvalue weighted by Crippen LogP contribution is -1.94. The second kappa shape index (κ2) is 4.41. The van der Waals surface area contributed by atoms with Crippen molar-refractivity contribution in [3.05, 3.63) is 47.3 Å². The molecule has 1 N–H and O–H groups in total. The van der Waals surface area contributed by atoms with Crippen LogP contribution >= 0.6 is 0 Å². The van der Waals surface area contributed by atoms with Crippen LogP contribution in [0.15, 0.2) is 30.3 Å². The number of aliphatic hydroxyl groups excluding tert-OH is 1. The Morgan fingerprint density at radius 3 is 2.44 bits per heavy atom. The van der Waals surface area contributed by atoms with Crippen LogP contribution in [0.25, 0.3) is 11.4 Å². The maximum Gasteiger partial charge on any atom is 0.0893 e. The van der Waals surface area contributed by atoms with E-state index in [4.69, 9.17) is 5.11 Å². The molecule has 2 aromatic rings. The molecule has 0 bridgehead atoms. The first-order chi connectivity index (χ1) is 7.69. The van der Waals surface area contributed by atoms with Crippen LogP contribution in [0.3, 0.4) is 0 Å². The van der Waals surface area contributed by atoms with Gasteiger partial charge in [-0.1, -0.05) is 6.07 Å². The van der Waals surface area contributed by atoms with E-state index in [0.717, 1.165) is 28.3 Å². The van der Waals surface area contributed by atoms with Gasteiger partial charge in [0, 0.05) is 11.4 Å². The van der Waals surface area contributed by atoms with Gasteiger partial charge in [0.25, 0.3) is 0 Å². The maximum atomic E-state index is 9.14. The van der Waals surface area contributed by atoms with E-state index in [0.29, 0.717) is 0 Å². The number of rotatable bonds is 2. The molecule has 16 heavy (non-hydrogen) atoms. The molecule has 0 aliphatic rings. The van der Waals surface area contributed by atoms with Gasteiger partial charge in [0.05, 0.1) is 18.0 Å². The molecule has 2 heterocycles.